The highest BCUT2D eigenvalue weighted by Crippen LogP contribution is 2.35. The van der Waals surface area contributed by atoms with Crippen molar-refractivity contribution in [3.05, 3.63) is 0 Å². The lowest BCUT2D eigenvalue weighted by Crippen LogP contribution is -2.68. The molecule has 24 atom stereocenters. The fourth-order valence-electron chi connectivity index (χ4n) is 8.85. The highest BCUT2D eigenvalue weighted by atomic mass is 16.8. The molecule has 84 heavy (non-hydrogen) atoms. The van der Waals surface area contributed by atoms with Crippen molar-refractivity contribution >= 4 is 42.7 Å². The van der Waals surface area contributed by atoms with Gasteiger partial charge >= 0.3 is 23.9 Å². The number of nitrogens with zero attached hydrogens (tertiary/aromatic N) is 1. The summed E-state index contributed by atoms with van der Waals surface area (Å²) in [6, 6.07) is -3.74. The number of hydrogen-bond acceptors (Lipinski definition) is 32. The van der Waals surface area contributed by atoms with E-state index in [1.165, 1.54) is 0 Å². The van der Waals surface area contributed by atoms with Gasteiger partial charge in [0.1, 0.15) is 136 Å². The molecule has 0 aromatic rings. The van der Waals surface area contributed by atoms with Crippen LogP contribution in [0.3, 0.4) is 0 Å². The van der Waals surface area contributed by atoms with E-state index in [9.17, 15) is 89.7 Å². The lowest BCUT2D eigenvalue weighted by molar-refractivity contribution is -0.873. The minimum absolute atomic E-state index is 0.156. The largest absolute Gasteiger partial charge is 0.481 e. The van der Waals surface area contributed by atoms with Gasteiger partial charge in [0.2, 0.25) is 6.29 Å². The molecule has 0 aromatic heterocycles. The van der Waals surface area contributed by atoms with Gasteiger partial charge in [-0.1, -0.05) is 0 Å². The maximum absolute atomic E-state index is 11.8. The highest BCUT2D eigenvalue weighted by molar-refractivity contribution is 5.69. The molecule has 37 nitrogen and oxygen atoms in total. The lowest BCUT2D eigenvalue weighted by atomic mass is 9.95. The number of rotatable bonds is 39. The zero-order chi connectivity index (χ0) is 62.6. The van der Waals surface area contributed by atoms with Crippen LogP contribution in [0.5, 0.6) is 0 Å². The molecule has 21 unspecified atom stereocenters. The fourth-order valence-corrected chi connectivity index (χ4v) is 8.85. The Kier molecular flexibility index (Phi) is 30.1. The van der Waals surface area contributed by atoms with Gasteiger partial charge in [0, 0.05) is 19.3 Å². The molecule has 4 rings (SSSR count). The first-order valence-electron chi connectivity index (χ1n) is 26.3. The van der Waals surface area contributed by atoms with Crippen LogP contribution in [0, 0.1) is 0 Å². The molecule has 0 aliphatic carbocycles. The summed E-state index contributed by atoms with van der Waals surface area (Å²) in [6.07, 6.45) is -41.8. The molecule has 0 saturated carbocycles. The zero-order valence-electron chi connectivity index (χ0n) is 45.7. The summed E-state index contributed by atoms with van der Waals surface area (Å²) in [5.74, 6) is -5.20. The Morgan fingerprint density at radius 1 is 0.488 bits per heavy atom. The fraction of sp³-hybridized carbons (Fsp3) is 0.851. The summed E-state index contributed by atoms with van der Waals surface area (Å²) in [7, 11) is 5.33. The van der Waals surface area contributed by atoms with Crippen molar-refractivity contribution in [2.75, 3.05) is 67.3 Å². The standard InChI is InChI=1S/C47H78N4O33/c1-51(2,3)10-23(56)15-73-16-25-41(82-46-38(71)35(68)43(83-49-21(12-53)5-8-29(59)60)27(78-46)18-75-48-20(11-52)4-7-28(57)58)33(66)37(70)45(77-25)80-40-24(14-55)76-44(36(69)32(40)65)81-42-26(17-74-19-31(63)64)79-47(39(72)34(42)67)84-50-22(13-54)6-9-30(61)62/h11-13,20-27,32-50,55-56,65-72H,4-10,14-19H2,1-3H3,(H3-,57,58,59,60,61,62,63,64)/p+1/t20-,21-,22-,23?,24?,25?,26?,27?,32?,33?,34?,35?,36?,37?,38?,39?,40?,41?,42?,43?,44?,45?,46?,47?/m0/s1. The minimum Gasteiger partial charge on any atom is -0.481 e. The second-order valence-corrected chi connectivity index (χ2v) is 21.0. The minimum atomic E-state index is -2.25. The Labute approximate surface area is 478 Å². The van der Waals surface area contributed by atoms with E-state index in [1.54, 1.807) is 21.1 Å². The van der Waals surface area contributed by atoms with Gasteiger partial charge in [0.25, 0.3) is 0 Å². The van der Waals surface area contributed by atoms with Crippen molar-refractivity contribution in [1.29, 1.82) is 0 Å². The first-order valence-corrected chi connectivity index (χ1v) is 26.3. The number of likely N-dealkylation sites (N-methyl/N-ethyl adjacent to an activating group) is 1. The Hall–Kier alpha value is -4.15. The number of carbonyl (C=O) groups is 7. The average Bonchev–Trinajstić information content (AvgIpc) is 2.25. The molecule has 37 heteroatoms. The molecule has 0 aromatic carbocycles. The van der Waals surface area contributed by atoms with Crippen LogP contribution in [0.2, 0.25) is 0 Å². The smallest absolute Gasteiger partial charge is 0.329 e. The van der Waals surface area contributed by atoms with Crippen molar-refractivity contribution in [2.24, 2.45) is 0 Å². The molecular formula is C47H79N4O33+. The quantitative estimate of drug-likeness (QED) is 0.0154. The Balaban J connectivity index is 1.57. The number of hydrogen-bond donors (Lipinski definition) is 17. The number of carboxylic acids is 4. The molecule has 4 aliphatic heterocycles. The van der Waals surface area contributed by atoms with Gasteiger partial charge in [0.15, 0.2) is 18.9 Å². The number of carboxylic acid groups (broad SMARTS) is 4. The average molecular weight is 1230 g/mol. The molecule has 4 heterocycles. The van der Waals surface area contributed by atoms with Gasteiger partial charge in [-0.2, -0.15) is 16.4 Å². The third-order valence-corrected chi connectivity index (χ3v) is 13.1. The number of aldehydes is 3. The van der Waals surface area contributed by atoms with Crippen LogP contribution < -0.4 is 16.4 Å². The summed E-state index contributed by atoms with van der Waals surface area (Å²) in [5.41, 5.74) is 6.80. The molecule has 484 valence electrons. The van der Waals surface area contributed by atoms with Crippen LogP contribution in [0.25, 0.3) is 0 Å². The summed E-state index contributed by atoms with van der Waals surface area (Å²) in [5, 5.41) is 149. The summed E-state index contributed by atoms with van der Waals surface area (Å²) in [6.45, 7) is -4.31. The van der Waals surface area contributed by atoms with E-state index < -0.39 is 223 Å². The highest BCUT2D eigenvalue weighted by Gasteiger charge is 2.56. The summed E-state index contributed by atoms with van der Waals surface area (Å²) in [4.78, 5) is 95.7. The predicted molar refractivity (Wildman–Crippen MR) is 264 cm³/mol. The van der Waals surface area contributed by atoms with E-state index in [4.69, 9.17) is 72.5 Å². The number of aliphatic hydroxyl groups is 10. The van der Waals surface area contributed by atoms with Crippen LogP contribution in [-0.2, 0) is 90.7 Å². The van der Waals surface area contributed by atoms with Crippen molar-refractivity contribution in [1.82, 2.24) is 16.4 Å². The topological polar surface area (TPSA) is 550 Å². The van der Waals surface area contributed by atoms with Crippen LogP contribution in [0.15, 0.2) is 0 Å². The molecule has 4 fully saturated rings. The van der Waals surface area contributed by atoms with Gasteiger partial charge in [-0.25, -0.2) is 4.79 Å². The maximum atomic E-state index is 11.8. The second kappa shape index (κ2) is 35.0. The number of ether oxygens (including phenoxy) is 9. The van der Waals surface area contributed by atoms with Crippen LogP contribution in [-0.4, -0.2) is 333 Å². The van der Waals surface area contributed by atoms with E-state index in [2.05, 4.69) is 16.4 Å². The summed E-state index contributed by atoms with van der Waals surface area (Å²) >= 11 is 0. The number of nitrogens with one attached hydrogen (secondary N) is 3. The predicted octanol–water partition coefficient (Wildman–Crippen LogP) is -9.66. The Morgan fingerprint density at radius 2 is 0.857 bits per heavy atom. The maximum Gasteiger partial charge on any atom is 0.329 e. The molecule has 0 bridgehead atoms. The Morgan fingerprint density at radius 3 is 1.27 bits per heavy atom. The van der Waals surface area contributed by atoms with E-state index >= 15 is 0 Å². The van der Waals surface area contributed by atoms with Crippen LogP contribution in [0.1, 0.15) is 38.5 Å². The molecule has 0 radical (unpaired) electrons. The molecule has 0 amide bonds. The van der Waals surface area contributed by atoms with Gasteiger partial charge in [-0.3, -0.25) is 28.9 Å². The van der Waals surface area contributed by atoms with E-state index in [-0.39, 0.29) is 36.9 Å². The molecular weight excluding hydrogens is 1150 g/mol. The zero-order valence-corrected chi connectivity index (χ0v) is 45.7. The SMILES string of the molecule is C[N+](C)(C)CC(O)COCC1OC(OC2C(CO)OC(OC3C(COCC(=O)O)OC(ON[C@H](C=O)CCC(=O)O)C(O)C3O)C(O)C2O)C(O)C(O)C1OC1OC(CON[C@H](C=O)CCC(=O)O)C(ON[C@H](C=O)CCC(=O)O)C(O)C1O. The van der Waals surface area contributed by atoms with Gasteiger partial charge in [-0.15, -0.1) is 0 Å². The Bertz CT molecular complexity index is 2050. The monoisotopic (exact) mass is 1230 g/mol. The first kappa shape index (κ1) is 72.3. The third-order valence-electron chi connectivity index (χ3n) is 13.1. The molecule has 4 saturated heterocycles. The number of quaternary nitrogens is 1. The summed E-state index contributed by atoms with van der Waals surface area (Å²) < 4.78 is 52.2. The number of hydroxylamine groups is 3. The first-order chi connectivity index (χ1) is 39.6. The van der Waals surface area contributed by atoms with Gasteiger partial charge in [0.05, 0.1) is 72.3 Å². The van der Waals surface area contributed by atoms with Crippen molar-refractivity contribution < 1.29 is 167 Å². The van der Waals surface area contributed by atoms with E-state index in [0.29, 0.717) is 18.9 Å². The molecule has 17 N–H and O–H groups in total. The lowest BCUT2D eigenvalue weighted by Gasteiger charge is -2.49. The normalized spacial score (nSPS) is 35.3. The van der Waals surface area contributed by atoms with E-state index in [0.717, 1.165) is 0 Å². The number of carbonyl (C=O) groups excluding carboxylic acids is 3. The molecule has 4 aliphatic rings. The number of aliphatic hydroxyl groups excluding tert-OH is 10. The second-order valence-electron chi connectivity index (χ2n) is 21.0. The van der Waals surface area contributed by atoms with Crippen LogP contribution >= 0.6 is 0 Å². The van der Waals surface area contributed by atoms with Crippen molar-refractivity contribution in [3.8, 4) is 0 Å². The number of aliphatic carboxylic acids is 4. The third kappa shape index (κ3) is 22.2. The van der Waals surface area contributed by atoms with Crippen LogP contribution in [0.4, 0.5) is 0 Å². The van der Waals surface area contributed by atoms with E-state index in [1.807, 2.05) is 0 Å². The van der Waals surface area contributed by atoms with Crippen molar-refractivity contribution in [3.63, 3.8) is 0 Å². The molecule has 0 spiro atoms. The van der Waals surface area contributed by atoms with Crippen molar-refractivity contribution in [2.45, 2.75) is 186 Å². The van der Waals surface area contributed by atoms with Gasteiger partial charge < -0.3 is 133 Å². The van der Waals surface area contributed by atoms with Gasteiger partial charge in [-0.05, 0) is 19.3 Å².